The third-order valence-corrected chi connectivity index (χ3v) is 3.41. The fourth-order valence-corrected chi connectivity index (χ4v) is 2.32. The summed E-state index contributed by atoms with van der Waals surface area (Å²) in [5.41, 5.74) is 5.50. The van der Waals surface area contributed by atoms with E-state index >= 15 is 0 Å². The van der Waals surface area contributed by atoms with Crippen molar-refractivity contribution in [1.29, 1.82) is 0 Å². The van der Waals surface area contributed by atoms with Crippen LogP contribution in [-0.4, -0.2) is 20.5 Å². The highest BCUT2D eigenvalue weighted by atomic mass is 16.4. The Bertz CT molecular complexity index is 818. The van der Waals surface area contributed by atoms with Crippen LogP contribution in [0.3, 0.4) is 0 Å². The molecule has 0 spiro atoms. The van der Waals surface area contributed by atoms with Crippen molar-refractivity contribution in [3.8, 4) is 11.1 Å². The number of aryl methyl sites for hydroxylation is 2. The molecular weight excluding hydrogens is 252 g/mol. The second-order valence-corrected chi connectivity index (χ2v) is 4.96. The predicted octanol–water partition coefficient (Wildman–Crippen LogP) is 3.32. The van der Waals surface area contributed by atoms with Crippen LogP contribution < -0.4 is 0 Å². The minimum absolute atomic E-state index is 0.0584. The van der Waals surface area contributed by atoms with Crippen LogP contribution in [0.2, 0.25) is 0 Å². The van der Waals surface area contributed by atoms with Crippen LogP contribution in [0.15, 0.2) is 42.9 Å². The highest BCUT2D eigenvalue weighted by molar-refractivity contribution is 5.87. The third-order valence-electron chi connectivity index (χ3n) is 3.41. The number of fused-ring (bicyclic) bond motifs is 1. The maximum absolute atomic E-state index is 10.9. The molecule has 2 heterocycles. The summed E-state index contributed by atoms with van der Waals surface area (Å²) in [6.07, 6.45) is 3.50. The minimum Gasteiger partial charge on any atom is -0.477 e. The van der Waals surface area contributed by atoms with Gasteiger partial charge in [-0.25, -0.2) is 9.78 Å². The quantitative estimate of drug-likeness (QED) is 0.774. The van der Waals surface area contributed by atoms with E-state index in [4.69, 9.17) is 5.11 Å². The van der Waals surface area contributed by atoms with Gasteiger partial charge in [-0.1, -0.05) is 23.8 Å². The topological polar surface area (TPSA) is 54.6 Å². The second kappa shape index (κ2) is 4.49. The first-order chi connectivity index (χ1) is 9.54. The minimum atomic E-state index is -1.01. The lowest BCUT2D eigenvalue weighted by molar-refractivity contribution is 0.0690. The van der Waals surface area contributed by atoms with Gasteiger partial charge >= 0.3 is 5.97 Å². The molecule has 0 radical (unpaired) electrons. The van der Waals surface area contributed by atoms with Gasteiger partial charge in [0.05, 0.1) is 0 Å². The van der Waals surface area contributed by atoms with Crippen molar-refractivity contribution in [3.63, 3.8) is 0 Å². The summed E-state index contributed by atoms with van der Waals surface area (Å²) < 4.78 is 1.84. The molecule has 0 aliphatic heterocycles. The van der Waals surface area contributed by atoms with Crippen molar-refractivity contribution in [3.05, 3.63) is 59.7 Å². The molecule has 20 heavy (non-hydrogen) atoms. The molecule has 0 saturated heterocycles. The number of aromatic nitrogens is 2. The van der Waals surface area contributed by atoms with Gasteiger partial charge in [-0.2, -0.15) is 0 Å². The van der Waals surface area contributed by atoms with Crippen molar-refractivity contribution in [2.45, 2.75) is 13.8 Å². The maximum Gasteiger partial charge on any atom is 0.354 e. The molecule has 0 aliphatic carbocycles. The van der Waals surface area contributed by atoms with E-state index in [0.29, 0.717) is 0 Å². The smallest absolute Gasteiger partial charge is 0.354 e. The molecule has 1 aromatic carbocycles. The molecule has 2 aromatic heterocycles. The van der Waals surface area contributed by atoms with Crippen molar-refractivity contribution in [1.82, 2.24) is 9.38 Å². The molecular formula is C16H14N2O2. The Hall–Kier alpha value is -2.62. The molecule has 0 atom stereocenters. The molecule has 4 nitrogen and oxygen atoms in total. The Morgan fingerprint density at radius 1 is 1.20 bits per heavy atom. The predicted molar refractivity (Wildman–Crippen MR) is 77.1 cm³/mol. The van der Waals surface area contributed by atoms with Crippen LogP contribution in [0.25, 0.3) is 16.6 Å². The van der Waals surface area contributed by atoms with Gasteiger partial charge in [0.25, 0.3) is 0 Å². The highest BCUT2D eigenvalue weighted by Gasteiger charge is 2.09. The van der Waals surface area contributed by atoms with Crippen molar-refractivity contribution < 1.29 is 9.90 Å². The van der Waals surface area contributed by atoms with E-state index in [0.717, 1.165) is 16.6 Å². The zero-order valence-electron chi connectivity index (χ0n) is 11.3. The Morgan fingerprint density at radius 3 is 2.75 bits per heavy atom. The molecule has 0 aliphatic rings. The molecule has 0 unspecified atom stereocenters. The summed E-state index contributed by atoms with van der Waals surface area (Å²) in [6, 6.07) is 9.87. The van der Waals surface area contributed by atoms with Crippen molar-refractivity contribution >= 4 is 11.5 Å². The van der Waals surface area contributed by atoms with Gasteiger partial charge in [-0.15, -0.1) is 0 Å². The molecule has 3 aromatic rings. The third kappa shape index (κ3) is 2.05. The Morgan fingerprint density at radius 2 is 2.00 bits per heavy atom. The highest BCUT2D eigenvalue weighted by Crippen LogP contribution is 2.26. The van der Waals surface area contributed by atoms with E-state index in [1.807, 2.05) is 16.7 Å². The summed E-state index contributed by atoms with van der Waals surface area (Å²) >= 11 is 0. The van der Waals surface area contributed by atoms with E-state index in [2.05, 4.69) is 37.0 Å². The molecule has 4 heteroatoms. The van der Waals surface area contributed by atoms with E-state index in [1.54, 1.807) is 6.07 Å². The zero-order chi connectivity index (χ0) is 14.3. The molecule has 3 rings (SSSR count). The lowest BCUT2D eigenvalue weighted by Crippen LogP contribution is -2.00. The van der Waals surface area contributed by atoms with Crippen LogP contribution in [0, 0.1) is 13.8 Å². The molecule has 0 fully saturated rings. The van der Waals surface area contributed by atoms with E-state index < -0.39 is 5.97 Å². The maximum atomic E-state index is 10.9. The Labute approximate surface area is 116 Å². The SMILES string of the molecule is Cc1ccc(C)c(-c2cc3cc(C(=O)O)ncn3c2)c1. The number of nitrogens with zero attached hydrogens (tertiary/aromatic N) is 2. The lowest BCUT2D eigenvalue weighted by atomic mass is 10.0. The average Bonchev–Trinajstić information content (AvgIpc) is 2.83. The van der Waals surface area contributed by atoms with Crippen LogP contribution in [0.4, 0.5) is 0 Å². The zero-order valence-corrected chi connectivity index (χ0v) is 11.3. The van der Waals surface area contributed by atoms with Gasteiger partial charge in [0, 0.05) is 17.3 Å². The number of hydrogen-bond donors (Lipinski definition) is 1. The van der Waals surface area contributed by atoms with E-state index in [-0.39, 0.29) is 5.69 Å². The Balaban J connectivity index is 2.17. The molecule has 0 amide bonds. The summed E-state index contributed by atoms with van der Waals surface area (Å²) in [5.74, 6) is -1.01. The monoisotopic (exact) mass is 266 g/mol. The van der Waals surface area contributed by atoms with Crippen molar-refractivity contribution in [2.24, 2.45) is 0 Å². The number of benzene rings is 1. The number of carbonyl (C=O) groups is 1. The fraction of sp³-hybridized carbons (Fsp3) is 0.125. The standard InChI is InChI=1S/C16H14N2O2/c1-10-3-4-11(2)14(5-10)12-6-13-7-15(16(19)20)17-9-18(13)8-12/h3-9H,1-2H3,(H,19,20). The normalized spacial score (nSPS) is 10.9. The van der Waals surface area contributed by atoms with Crippen molar-refractivity contribution in [2.75, 3.05) is 0 Å². The van der Waals surface area contributed by atoms with Crippen LogP contribution >= 0.6 is 0 Å². The van der Waals surface area contributed by atoms with E-state index in [1.165, 1.54) is 17.5 Å². The van der Waals surface area contributed by atoms with Gasteiger partial charge in [0.1, 0.15) is 6.33 Å². The first-order valence-corrected chi connectivity index (χ1v) is 6.33. The summed E-state index contributed by atoms with van der Waals surface area (Å²) in [7, 11) is 0. The van der Waals surface area contributed by atoms with E-state index in [9.17, 15) is 4.79 Å². The fourth-order valence-electron chi connectivity index (χ4n) is 2.32. The summed E-state index contributed by atoms with van der Waals surface area (Å²) in [4.78, 5) is 14.9. The molecule has 100 valence electrons. The van der Waals surface area contributed by atoms with Crippen LogP contribution in [0.5, 0.6) is 0 Å². The van der Waals surface area contributed by atoms with Gasteiger partial charge in [0.15, 0.2) is 5.69 Å². The first-order valence-electron chi connectivity index (χ1n) is 6.33. The number of rotatable bonds is 2. The first kappa shape index (κ1) is 12.4. The van der Waals surface area contributed by atoms with Gasteiger partial charge in [0.2, 0.25) is 0 Å². The summed E-state index contributed by atoms with van der Waals surface area (Å²) in [6.45, 7) is 4.13. The number of carboxylic acids is 1. The largest absolute Gasteiger partial charge is 0.477 e. The van der Waals surface area contributed by atoms with Crippen LogP contribution in [-0.2, 0) is 0 Å². The number of hydrogen-bond acceptors (Lipinski definition) is 2. The second-order valence-electron chi connectivity index (χ2n) is 4.96. The number of aromatic carboxylic acids is 1. The Kier molecular flexibility index (Phi) is 2.79. The molecule has 0 saturated carbocycles. The molecule has 1 N–H and O–H groups in total. The summed E-state index contributed by atoms with van der Waals surface area (Å²) in [5, 5.41) is 8.98. The van der Waals surface area contributed by atoms with Crippen LogP contribution in [0.1, 0.15) is 21.6 Å². The lowest BCUT2D eigenvalue weighted by Gasteiger charge is -2.04. The number of carboxylic acid groups (broad SMARTS) is 1. The van der Waals surface area contributed by atoms with Gasteiger partial charge < -0.3 is 9.51 Å². The molecule has 0 bridgehead atoms. The van der Waals surface area contributed by atoms with Gasteiger partial charge in [-0.3, -0.25) is 0 Å². The average molecular weight is 266 g/mol. The van der Waals surface area contributed by atoms with Gasteiger partial charge in [-0.05, 0) is 37.1 Å².